The number of aromatic nitrogens is 10. The third kappa shape index (κ3) is 7.91. The minimum atomic E-state index is -0.467. The highest BCUT2D eigenvalue weighted by molar-refractivity contribution is 6.17. The number of nitrogens with one attached hydrogen (secondary N) is 3. The zero-order valence-corrected chi connectivity index (χ0v) is 36.9. The van der Waals surface area contributed by atoms with Gasteiger partial charge in [0.1, 0.15) is 63.6 Å². The summed E-state index contributed by atoms with van der Waals surface area (Å²) in [6, 6.07) is 23.8. The van der Waals surface area contributed by atoms with Crippen LogP contribution in [0.25, 0.3) is 33.7 Å². The predicted octanol–water partition coefficient (Wildman–Crippen LogP) is 7.64. The highest BCUT2D eigenvalue weighted by Gasteiger charge is 2.28. The summed E-state index contributed by atoms with van der Waals surface area (Å²) < 4.78 is 48.1. The second-order valence-electron chi connectivity index (χ2n) is 16.2. The van der Waals surface area contributed by atoms with Gasteiger partial charge in [0.15, 0.2) is 0 Å². The fourth-order valence-electron chi connectivity index (χ4n) is 8.41. The fraction of sp³-hybridized carbons (Fsp3) is 0.184. The Hall–Kier alpha value is -8.54. The van der Waals surface area contributed by atoms with E-state index in [0.29, 0.717) is 69.9 Å². The number of fused-ring (bicyclic) bond motifs is 3. The zero-order valence-electron chi connectivity index (χ0n) is 36.9. The Morgan fingerprint density at radius 3 is 2.43 bits per heavy atom. The molecule has 67 heavy (non-hydrogen) atoms. The van der Waals surface area contributed by atoms with E-state index in [1.165, 1.54) is 27.8 Å². The molecule has 9 aromatic rings. The molecule has 0 bridgehead atoms. The van der Waals surface area contributed by atoms with E-state index in [9.17, 15) is 9.80 Å². The molecule has 4 aromatic carbocycles. The number of para-hydroxylation sites is 1. The van der Waals surface area contributed by atoms with Crippen LogP contribution in [0.15, 0.2) is 122 Å². The van der Waals surface area contributed by atoms with Crippen molar-refractivity contribution in [3.05, 3.63) is 167 Å². The SMILES string of the molecule is COc1cccc(-c2nn(C(C)c3cnn(-c4ccccc4F)c3)c3nc[n+](Cc4ccc(F)c(-n5cc(C(C)Nc6ncnc7c6C(=N)c6cc(OC)ccc6CCN7)cn5)c4)c(N)c23)c1. The smallest absolute Gasteiger partial charge is 0.242 e. The van der Waals surface area contributed by atoms with Gasteiger partial charge in [-0.25, -0.2) is 37.4 Å². The molecule has 2 unspecified atom stereocenters. The van der Waals surface area contributed by atoms with Crippen LogP contribution in [0.1, 0.15) is 59.3 Å². The highest BCUT2D eigenvalue weighted by Crippen LogP contribution is 2.35. The Balaban J connectivity index is 0.943. The van der Waals surface area contributed by atoms with Gasteiger partial charge < -0.3 is 25.8 Å². The van der Waals surface area contributed by atoms with Gasteiger partial charge in [-0.2, -0.15) is 15.3 Å². The van der Waals surface area contributed by atoms with E-state index in [1.54, 1.807) is 84.9 Å². The van der Waals surface area contributed by atoms with Crippen molar-refractivity contribution in [3.8, 4) is 34.1 Å². The Morgan fingerprint density at radius 1 is 0.851 bits per heavy atom. The van der Waals surface area contributed by atoms with Crippen LogP contribution < -0.4 is 30.4 Å². The fourth-order valence-corrected chi connectivity index (χ4v) is 8.41. The first-order valence-electron chi connectivity index (χ1n) is 21.5. The van der Waals surface area contributed by atoms with Crippen LogP contribution in [-0.2, 0) is 13.0 Å². The normalized spacial score (nSPS) is 13.3. The van der Waals surface area contributed by atoms with Crippen molar-refractivity contribution in [2.45, 2.75) is 38.9 Å². The molecule has 18 heteroatoms. The third-order valence-electron chi connectivity index (χ3n) is 12.1. The standard InChI is InChI=1S/C49H44F2N14O2/c1-28(60-48-42-44(52)37-20-36(67-4)14-13-31(37)16-17-54-47(42)55-26-56-48)33-21-58-64(24-33)41-18-30(12-15-39(41)51)23-62-27-57-49-43(46(62)53)45(32-8-7-9-35(19-32)66-3)61-65(49)29(2)34-22-59-63(25-34)40-11-6-5-10-38(40)50/h5-15,18-22,24-29,53H,16-17,23H2,1-4H3,(H3,52,54,55,56,60)/p+1. The lowest BCUT2D eigenvalue weighted by Gasteiger charge is -2.22. The van der Waals surface area contributed by atoms with E-state index in [4.69, 9.17) is 25.3 Å². The largest absolute Gasteiger partial charge is 0.497 e. The molecule has 10 rings (SSSR count). The zero-order chi connectivity index (χ0) is 46.3. The maximum Gasteiger partial charge on any atom is 0.242 e. The quantitative estimate of drug-likeness (QED) is 0.0883. The molecule has 5 aromatic heterocycles. The number of methoxy groups -OCH3 is 2. The first-order valence-corrected chi connectivity index (χ1v) is 21.5. The molecule has 336 valence electrons. The molecule has 0 amide bonds. The molecule has 0 radical (unpaired) electrons. The molecule has 1 aliphatic rings. The molecule has 2 atom stereocenters. The first kappa shape index (κ1) is 42.4. The summed E-state index contributed by atoms with van der Waals surface area (Å²) in [5.41, 5.74) is 14.3. The lowest BCUT2D eigenvalue weighted by molar-refractivity contribution is -0.675. The molecule has 0 saturated carbocycles. The summed E-state index contributed by atoms with van der Waals surface area (Å²) >= 11 is 0. The van der Waals surface area contributed by atoms with E-state index in [0.717, 1.165) is 33.4 Å². The summed E-state index contributed by atoms with van der Waals surface area (Å²) in [6.07, 6.45) is 10.7. The van der Waals surface area contributed by atoms with Crippen LogP contribution in [0.3, 0.4) is 0 Å². The Bertz CT molecular complexity index is 3340. The minimum Gasteiger partial charge on any atom is -0.497 e. The lowest BCUT2D eigenvalue weighted by atomic mass is 9.94. The Kier molecular flexibility index (Phi) is 11.0. The van der Waals surface area contributed by atoms with E-state index in [1.807, 2.05) is 56.3 Å². The number of rotatable bonds is 12. The number of nitrogens with two attached hydrogens (primary N) is 1. The molecule has 0 fully saturated rings. The predicted molar refractivity (Wildman–Crippen MR) is 249 cm³/mol. The Labute approximate surface area is 383 Å². The minimum absolute atomic E-state index is 0.238. The third-order valence-corrected chi connectivity index (χ3v) is 12.1. The van der Waals surface area contributed by atoms with Gasteiger partial charge in [-0.1, -0.05) is 41.4 Å². The summed E-state index contributed by atoms with van der Waals surface area (Å²) in [5, 5.41) is 30.8. The van der Waals surface area contributed by atoms with Crippen LogP contribution in [0.4, 0.5) is 26.2 Å². The van der Waals surface area contributed by atoms with Gasteiger partial charge >= 0.3 is 0 Å². The van der Waals surface area contributed by atoms with Crippen LogP contribution in [0.2, 0.25) is 0 Å². The second-order valence-corrected chi connectivity index (χ2v) is 16.2. The maximum atomic E-state index is 15.7. The van der Waals surface area contributed by atoms with Crippen molar-refractivity contribution in [3.63, 3.8) is 0 Å². The second kappa shape index (κ2) is 17.4. The van der Waals surface area contributed by atoms with Crippen molar-refractivity contribution >= 4 is 34.2 Å². The van der Waals surface area contributed by atoms with Crippen molar-refractivity contribution in [2.75, 3.05) is 37.1 Å². The average molecular weight is 900 g/mol. The van der Waals surface area contributed by atoms with Crippen molar-refractivity contribution in [1.29, 1.82) is 5.41 Å². The van der Waals surface area contributed by atoms with E-state index in [-0.39, 0.29) is 30.0 Å². The molecule has 1 aliphatic heterocycles. The number of ether oxygens (including phenoxy) is 2. The van der Waals surface area contributed by atoms with E-state index >= 15 is 4.39 Å². The van der Waals surface area contributed by atoms with Crippen LogP contribution in [0, 0.1) is 17.0 Å². The van der Waals surface area contributed by atoms with Crippen LogP contribution in [-0.4, -0.2) is 70.8 Å². The number of hydrogen-bond donors (Lipinski definition) is 4. The number of nitrogens with zero attached hydrogens (tertiary/aromatic N) is 10. The van der Waals surface area contributed by atoms with Gasteiger partial charge in [0.05, 0.1) is 56.5 Å². The van der Waals surface area contributed by atoms with Gasteiger partial charge in [-0.15, -0.1) is 0 Å². The number of anilines is 3. The van der Waals surface area contributed by atoms with Crippen LogP contribution >= 0.6 is 0 Å². The topological polar surface area (TPSA) is 188 Å². The maximum absolute atomic E-state index is 15.7. The molecular formula is C49H45F2N14O2+. The first-order chi connectivity index (χ1) is 32.6. The summed E-state index contributed by atoms with van der Waals surface area (Å²) in [4.78, 5) is 13.9. The molecule has 0 saturated heterocycles. The number of hydrogen-bond acceptors (Lipinski definition) is 12. The van der Waals surface area contributed by atoms with Gasteiger partial charge in [0.2, 0.25) is 17.8 Å². The van der Waals surface area contributed by atoms with Crippen molar-refractivity contribution < 1.29 is 22.8 Å². The van der Waals surface area contributed by atoms with Gasteiger partial charge in [-0.3, -0.25) is 5.41 Å². The lowest BCUT2D eigenvalue weighted by Crippen LogP contribution is -2.38. The molecule has 16 nitrogen and oxygen atoms in total. The summed E-state index contributed by atoms with van der Waals surface area (Å²) in [5.74, 6) is 1.85. The summed E-state index contributed by atoms with van der Waals surface area (Å²) in [7, 11) is 3.21. The highest BCUT2D eigenvalue weighted by atomic mass is 19.1. The van der Waals surface area contributed by atoms with Crippen molar-refractivity contribution in [2.24, 2.45) is 0 Å². The Morgan fingerprint density at radius 2 is 1.61 bits per heavy atom. The van der Waals surface area contributed by atoms with E-state index < -0.39 is 11.6 Å². The van der Waals surface area contributed by atoms with Gasteiger partial charge in [0.25, 0.3) is 0 Å². The number of nitrogen functional groups attached to an aromatic ring is 1. The number of benzene rings is 4. The number of halogens is 2. The monoisotopic (exact) mass is 899 g/mol. The van der Waals surface area contributed by atoms with E-state index in [2.05, 4.69) is 30.8 Å². The average Bonchev–Trinajstić information content (AvgIpc) is 4.13. The summed E-state index contributed by atoms with van der Waals surface area (Å²) in [6.45, 7) is 4.79. The van der Waals surface area contributed by atoms with Gasteiger partial charge in [-0.05, 0) is 79.9 Å². The molecule has 6 heterocycles. The van der Waals surface area contributed by atoms with Gasteiger partial charge in [0, 0.05) is 41.2 Å². The molecular weight excluding hydrogens is 855 g/mol. The van der Waals surface area contributed by atoms with Crippen molar-refractivity contribution in [1.82, 2.24) is 44.3 Å². The molecule has 5 N–H and O–H groups in total. The van der Waals surface area contributed by atoms with Crippen LogP contribution in [0.5, 0.6) is 11.5 Å². The molecule has 0 aliphatic carbocycles. The molecule has 0 spiro atoms.